The molecular formula is C17H28N4O3. The smallest absolute Gasteiger partial charge is 0.322 e. The van der Waals surface area contributed by atoms with E-state index < -0.39 is 11.6 Å². The summed E-state index contributed by atoms with van der Waals surface area (Å²) in [7, 11) is 0. The van der Waals surface area contributed by atoms with Gasteiger partial charge in [0.1, 0.15) is 5.54 Å². The molecule has 2 atom stereocenters. The van der Waals surface area contributed by atoms with E-state index in [0.29, 0.717) is 13.1 Å². The molecule has 4 amide bonds. The third-order valence-corrected chi connectivity index (χ3v) is 5.71. The summed E-state index contributed by atoms with van der Waals surface area (Å²) >= 11 is 0. The number of carbonyl (C=O) groups is 3. The zero-order valence-corrected chi connectivity index (χ0v) is 14.5. The first kappa shape index (κ1) is 17.2. The highest BCUT2D eigenvalue weighted by molar-refractivity contribution is 6.07. The summed E-state index contributed by atoms with van der Waals surface area (Å²) in [6.07, 6.45) is 6.44. The molecule has 7 nitrogen and oxygen atoms in total. The normalized spacial score (nSPS) is 32.2. The molecule has 3 aliphatic heterocycles. The standard InChI is InChI=1S/C17H28N4O3/c1-17(15(23)18-16(24)19-17)13-7-6-8-20(11-13)12-14(22)21-9-4-2-3-5-10-21/h13H,2-12H2,1H3,(H2,18,19,23,24)/t13-,17-/m1/s1. The van der Waals surface area contributed by atoms with Gasteiger partial charge in [-0.25, -0.2) is 4.79 Å². The van der Waals surface area contributed by atoms with Crippen LogP contribution in [0.4, 0.5) is 4.79 Å². The SMILES string of the molecule is C[C@]1([C@@H]2CCCN(CC(=O)N3CCCCCC3)C2)NC(=O)NC1=O. The van der Waals surface area contributed by atoms with E-state index in [1.54, 1.807) is 6.92 Å². The molecule has 0 bridgehead atoms. The Bertz CT molecular complexity index is 516. The van der Waals surface area contributed by atoms with Crippen molar-refractivity contribution in [2.24, 2.45) is 5.92 Å². The molecule has 0 aromatic carbocycles. The second-order valence-corrected chi connectivity index (χ2v) is 7.48. The van der Waals surface area contributed by atoms with Crippen molar-refractivity contribution in [3.8, 4) is 0 Å². The van der Waals surface area contributed by atoms with E-state index >= 15 is 0 Å². The summed E-state index contributed by atoms with van der Waals surface area (Å²) in [4.78, 5) is 40.3. The van der Waals surface area contributed by atoms with E-state index in [1.807, 2.05) is 4.90 Å². The Morgan fingerprint density at radius 1 is 1.12 bits per heavy atom. The van der Waals surface area contributed by atoms with E-state index in [0.717, 1.165) is 45.3 Å². The average Bonchev–Trinajstić information content (AvgIpc) is 2.75. The van der Waals surface area contributed by atoms with Gasteiger partial charge in [-0.2, -0.15) is 0 Å². The lowest BCUT2D eigenvalue weighted by Crippen LogP contribution is -2.56. The lowest BCUT2D eigenvalue weighted by molar-refractivity contribution is -0.133. The van der Waals surface area contributed by atoms with Crippen molar-refractivity contribution in [2.45, 2.75) is 51.0 Å². The number of rotatable bonds is 3. The zero-order valence-electron chi connectivity index (χ0n) is 14.5. The van der Waals surface area contributed by atoms with Gasteiger partial charge in [0.15, 0.2) is 0 Å². The van der Waals surface area contributed by atoms with Gasteiger partial charge in [0.05, 0.1) is 6.54 Å². The predicted octanol–water partition coefficient (Wildman–Crippen LogP) is 0.699. The number of nitrogens with zero attached hydrogens (tertiary/aromatic N) is 2. The van der Waals surface area contributed by atoms with Crippen LogP contribution in [0.2, 0.25) is 0 Å². The van der Waals surface area contributed by atoms with E-state index in [2.05, 4.69) is 15.5 Å². The third kappa shape index (κ3) is 3.55. The molecule has 2 N–H and O–H groups in total. The van der Waals surface area contributed by atoms with E-state index in [4.69, 9.17) is 0 Å². The third-order valence-electron chi connectivity index (χ3n) is 5.71. The quantitative estimate of drug-likeness (QED) is 0.743. The lowest BCUT2D eigenvalue weighted by atomic mass is 9.80. The topological polar surface area (TPSA) is 81.8 Å². The maximum atomic E-state index is 12.6. The maximum Gasteiger partial charge on any atom is 0.322 e. The number of hydrogen-bond donors (Lipinski definition) is 2. The van der Waals surface area contributed by atoms with Crippen molar-refractivity contribution in [3.05, 3.63) is 0 Å². The zero-order chi connectivity index (χ0) is 17.2. The molecule has 0 aromatic heterocycles. The van der Waals surface area contributed by atoms with Crippen LogP contribution in [0.25, 0.3) is 0 Å². The summed E-state index contributed by atoms with van der Waals surface area (Å²) in [6, 6.07) is -0.416. The minimum Gasteiger partial charge on any atom is -0.342 e. The van der Waals surface area contributed by atoms with E-state index in [9.17, 15) is 14.4 Å². The number of urea groups is 1. The van der Waals surface area contributed by atoms with Crippen LogP contribution in [0.15, 0.2) is 0 Å². The number of likely N-dealkylation sites (tertiary alicyclic amines) is 2. The maximum absolute atomic E-state index is 12.6. The Labute approximate surface area is 143 Å². The predicted molar refractivity (Wildman–Crippen MR) is 89.3 cm³/mol. The fraction of sp³-hybridized carbons (Fsp3) is 0.824. The fourth-order valence-electron chi connectivity index (χ4n) is 4.13. The van der Waals surface area contributed by atoms with Gasteiger partial charge in [0.25, 0.3) is 5.91 Å². The van der Waals surface area contributed by atoms with Crippen LogP contribution < -0.4 is 10.6 Å². The van der Waals surface area contributed by atoms with Crippen LogP contribution in [0.5, 0.6) is 0 Å². The van der Waals surface area contributed by atoms with Crippen molar-refractivity contribution in [1.82, 2.24) is 20.4 Å². The van der Waals surface area contributed by atoms with Gasteiger partial charge < -0.3 is 10.2 Å². The molecule has 7 heteroatoms. The molecule has 3 heterocycles. The summed E-state index contributed by atoms with van der Waals surface area (Å²) in [6.45, 7) is 5.49. The Morgan fingerprint density at radius 3 is 2.46 bits per heavy atom. The molecule has 24 heavy (non-hydrogen) atoms. The van der Waals surface area contributed by atoms with Gasteiger partial charge in [0.2, 0.25) is 5.91 Å². The Balaban J connectivity index is 1.58. The van der Waals surface area contributed by atoms with Crippen LogP contribution in [0.3, 0.4) is 0 Å². The molecule has 3 saturated heterocycles. The van der Waals surface area contributed by atoms with E-state index in [-0.39, 0.29) is 17.7 Å². The van der Waals surface area contributed by atoms with E-state index in [1.165, 1.54) is 12.8 Å². The molecule has 3 fully saturated rings. The Morgan fingerprint density at radius 2 is 1.83 bits per heavy atom. The van der Waals surface area contributed by atoms with Gasteiger partial charge in [0, 0.05) is 25.6 Å². The van der Waals surface area contributed by atoms with Crippen molar-refractivity contribution in [3.63, 3.8) is 0 Å². The Kier molecular flexibility index (Phi) is 5.08. The van der Waals surface area contributed by atoms with Crippen LogP contribution in [0.1, 0.15) is 45.4 Å². The van der Waals surface area contributed by atoms with Crippen LogP contribution in [-0.2, 0) is 9.59 Å². The first-order valence-electron chi connectivity index (χ1n) is 9.13. The number of amides is 4. The van der Waals surface area contributed by atoms with Crippen LogP contribution in [-0.4, -0.2) is 65.9 Å². The van der Waals surface area contributed by atoms with Gasteiger partial charge in [-0.15, -0.1) is 0 Å². The summed E-state index contributed by atoms with van der Waals surface area (Å²) in [5.74, 6) is -0.0181. The molecule has 0 unspecified atom stereocenters. The first-order chi connectivity index (χ1) is 11.5. The lowest BCUT2D eigenvalue weighted by Gasteiger charge is -2.39. The molecule has 0 aliphatic carbocycles. The molecule has 3 aliphatic rings. The second-order valence-electron chi connectivity index (χ2n) is 7.48. The van der Waals surface area contributed by atoms with Crippen molar-refractivity contribution < 1.29 is 14.4 Å². The largest absolute Gasteiger partial charge is 0.342 e. The minimum atomic E-state index is -0.860. The van der Waals surface area contributed by atoms with Crippen molar-refractivity contribution in [1.29, 1.82) is 0 Å². The highest BCUT2D eigenvalue weighted by Crippen LogP contribution is 2.29. The minimum absolute atomic E-state index is 0.0367. The molecule has 0 aromatic rings. The number of hydrogen-bond acceptors (Lipinski definition) is 4. The summed E-state index contributed by atoms with van der Waals surface area (Å²) in [5, 5.41) is 5.11. The second kappa shape index (κ2) is 7.09. The highest BCUT2D eigenvalue weighted by Gasteiger charge is 2.49. The van der Waals surface area contributed by atoms with Gasteiger partial charge in [-0.05, 0) is 39.2 Å². The first-order valence-corrected chi connectivity index (χ1v) is 9.13. The molecule has 3 rings (SSSR count). The van der Waals surface area contributed by atoms with Gasteiger partial charge >= 0.3 is 6.03 Å². The molecule has 0 radical (unpaired) electrons. The molecule has 0 spiro atoms. The summed E-state index contributed by atoms with van der Waals surface area (Å²) < 4.78 is 0. The van der Waals surface area contributed by atoms with Crippen molar-refractivity contribution in [2.75, 3.05) is 32.7 Å². The number of imide groups is 1. The molecule has 0 saturated carbocycles. The Hall–Kier alpha value is -1.63. The molecular weight excluding hydrogens is 308 g/mol. The molecule has 134 valence electrons. The van der Waals surface area contributed by atoms with Crippen molar-refractivity contribution >= 4 is 17.8 Å². The highest BCUT2D eigenvalue weighted by atomic mass is 16.2. The van der Waals surface area contributed by atoms with Gasteiger partial charge in [-0.1, -0.05) is 12.8 Å². The average molecular weight is 336 g/mol. The summed E-state index contributed by atoms with van der Waals surface area (Å²) in [5.41, 5.74) is -0.860. The number of nitrogens with one attached hydrogen (secondary N) is 2. The van der Waals surface area contributed by atoms with Crippen LogP contribution in [0, 0.1) is 5.92 Å². The van der Waals surface area contributed by atoms with Crippen LogP contribution >= 0.6 is 0 Å². The van der Waals surface area contributed by atoms with Gasteiger partial charge in [-0.3, -0.25) is 19.8 Å². The number of carbonyl (C=O) groups excluding carboxylic acids is 3. The fourth-order valence-corrected chi connectivity index (χ4v) is 4.13. The number of piperidine rings is 1. The monoisotopic (exact) mass is 336 g/mol.